The number of rotatable bonds is 4. The minimum atomic E-state index is 0.322. The van der Waals surface area contributed by atoms with Crippen molar-refractivity contribution < 1.29 is 0 Å². The molecular weight excluding hydrogens is 324 g/mol. The third kappa shape index (κ3) is 3.49. The Balaban J connectivity index is 1.69. The van der Waals surface area contributed by atoms with Crippen molar-refractivity contribution in [3.63, 3.8) is 0 Å². The molecule has 0 saturated heterocycles. The maximum atomic E-state index is 4.35. The first kappa shape index (κ1) is 14.2. The Hall–Kier alpha value is -1.71. The molecule has 0 aliphatic carbocycles. The summed E-state index contributed by atoms with van der Waals surface area (Å²) in [6.45, 7) is 3.04. The van der Waals surface area contributed by atoms with Crippen molar-refractivity contribution in [1.82, 2.24) is 10.3 Å². The van der Waals surface area contributed by atoms with Gasteiger partial charge in [-0.1, -0.05) is 40.2 Å². The molecule has 106 valence electrons. The molecule has 2 nitrogen and oxygen atoms in total. The van der Waals surface area contributed by atoms with Gasteiger partial charge in [0, 0.05) is 28.6 Å². The number of hydrogen-bond donors (Lipinski definition) is 1. The van der Waals surface area contributed by atoms with Gasteiger partial charge in [-0.2, -0.15) is 0 Å². The van der Waals surface area contributed by atoms with Gasteiger partial charge in [0.15, 0.2) is 0 Å². The molecule has 0 aliphatic heterocycles. The number of halogens is 1. The Bertz CT molecular complexity index is 738. The zero-order valence-corrected chi connectivity index (χ0v) is 13.5. The van der Waals surface area contributed by atoms with Gasteiger partial charge >= 0.3 is 0 Å². The normalized spacial score (nSPS) is 12.5. The van der Waals surface area contributed by atoms with Crippen LogP contribution >= 0.6 is 15.9 Å². The van der Waals surface area contributed by atoms with Crippen molar-refractivity contribution in [1.29, 1.82) is 0 Å². The van der Waals surface area contributed by atoms with Crippen LogP contribution in [-0.4, -0.2) is 4.98 Å². The molecule has 1 aromatic heterocycles. The average molecular weight is 341 g/mol. The number of pyridine rings is 1. The van der Waals surface area contributed by atoms with Crippen molar-refractivity contribution in [2.75, 3.05) is 0 Å². The Morgan fingerprint density at radius 3 is 2.71 bits per heavy atom. The van der Waals surface area contributed by atoms with Crippen molar-refractivity contribution in [2.24, 2.45) is 0 Å². The highest BCUT2D eigenvalue weighted by Gasteiger charge is 2.05. The van der Waals surface area contributed by atoms with Gasteiger partial charge in [0.25, 0.3) is 0 Å². The lowest BCUT2D eigenvalue weighted by molar-refractivity contribution is 0.575. The Morgan fingerprint density at radius 1 is 1.10 bits per heavy atom. The summed E-state index contributed by atoms with van der Waals surface area (Å²) in [7, 11) is 0. The second-order valence-electron chi connectivity index (χ2n) is 5.18. The summed E-state index contributed by atoms with van der Waals surface area (Å²) in [6, 6.07) is 19.3. The SMILES string of the molecule is C[C@H](NCc1ccc2ncccc2c1)c1ccc(Br)cc1. The summed E-state index contributed by atoms with van der Waals surface area (Å²) in [4.78, 5) is 4.35. The highest BCUT2D eigenvalue weighted by Crippen LogP contribution is 2.18. The van der Waals surface area contributed by atoms with Gasteiger partial charge in [0.05, 0.1) is 5.52 Å². The summed E-state index contributed by atoms with van der Waals surface area (Å²) in [5, 5.41) is 4.75. The molecule has 3 heteroatoms. The molecule has 3 aromatic rings. The van der Waals surface area contributed by atoms with E-state index in [0.717, 1.165) is 16.5 Å². The van der Waals surface area contributed by atoms with Crippen molar-refractivity contribution >= 4 is 26.8 Å². The van der Waals surface area contributed by atoms with Crippen LogP contribution in [0.15, 0.2) is 65.3 Å². The Kier molecular flexibility index (Phi) is 4.32. The minimum Gasteiger partial charge on any atom is -0.306 e. The maximum absolute atomic E-state index is 4.35. The molecule has 1 heterocycles. The van der Waals surface area contributed by atoms with Gasteiger partial charge in [-0.3, -0.25) is 4.98 Å². The predicted octanol–water partition coefficient (Wildman–Crippen LogP) is 4.85. The summed E-state index contributed by atoms with van der Waals surface area (Å²) < 4.78 is 1.11. The molecule has 2 aromatic carbocycles. The molecule has 1 N–H and O–H groups in total. The predicted molar refractivity (Wildman–Crippen MR) is 91.1 cm³/mol. The van der Waals surface area contributed by atoms with Gasteiger partial charge in [0.1, 0.15) is 0 Å². The lowest BCUT2D eigenvalue weighted by atomic mass is 10.1. The van der Waals surface area contributed by atoms with Crippen LogP contribution in [0.3, 0.4) is 0 Å². The molecular formula is C18H17BrN2. The van der Waals surface area contributed by atoms with E-state index in [1.54, 1.807) is 0 Å². The second kappa shape index (κ2) is 6.37. The average Bonchev–Trinajstić information content (AvgIpc) is 2.53. The van der Waals surface area contributed by atoms with E-state index in [2.05, 4.69) is 81.7 Å². The number of nitrogens with zero attached hydrogens (tertiary/aromatic N) is 1. The number of nitrogens with one attached hydrogen (secondary N) is 1. The van der Waals surface area contributed by atoms with Crippen LogP contribution in [-0.2, 0) is 6.54 Å². The maximum Gasteiger partial charge on any atom is 0.0702 e. The monoisotopic (exact) mass is 340 g/mol. The van der Waals surface area contributed by atoms with Crippen molar-refractivity contribution in [2.45, 2.75) is 19.5 Å². The summed E-state index contributed by atoms with van der Waals surface area (Å²) in [6.07, 6.45) is 1.83. The third-order valence-corrected chi connectivity index (χ3v) is 4.18. The smallest absolute Gasteiger partial charge is 0.0702 e. The standard InChI is InChI=1S/C18H17BrN2/c1-13(15-5-7-17(19)8-6-15)21-12-14-4-9-18-16(11-14)3-2-10-20-18/h2-11,13,21H,12H2,1H3/t13-/m0/s1. The molecule has 0 fully saturated rings. The number of benzene rings is 2. The number of hydrogen-bond acceptors (Lipinski definition) is 2. The largest absolute Gasteiger partial charge is 0.306 e. The van der Waals surface area contributed by atoms with E-state index in [9.17, 15) is 0 Å². The first-order chi connectivity index (χ1) is 10.2. The lowest BCUT2D eigenvalue weighted by Gasteiger charge is -2.14. The van der Waals surface area contributed by atoms with Crippen LogP contribution in [0, 0.1) is 0 Å². The van der Waals surface area contributed by atoms with E-state index in [0.29, 0.717) is 6.04 Å². The van der Waals surface area contributed by atoms with Gasteiger partial charge < -0.3 is 5.32 Å². The highest BCUT2D eigenvalue weighted by molar-refractivity contribution is 9.10. The van der Waals surface area contributed by atoms with Crippen LogP contribution in [0.5, 0.6) is 0 Å². The van der Waals surface area contributed by atoms with E-state index >= 15 is 0 Å². The molecule has 21 heavy (non-hydrogen) atoms. The molecule has 0 saturated carbocycles. The fourth-order valence-corrected chi connectivity index (χ4v) is 2.64. The van der Waals surface area contributed by atoms with Crippen LogP contribution in [0.25, 0.3) is 10.9 Å². The van der Waals surface area contributed by atoms with Gasteiger partial charge in [-0.05, 0) is 48.4 Å². The van der Waals surface area contributed by atoms with E-state index in [-0.39, 0.29) is 0 Å². The fourth-order valence-electron chi connectivity index (χ4n) is 2.38. The molecule has 0 aliphatic rings. The second-order valence-corrected chi connectivity index (χ2v) is 6.10. The first-order valence-corrected chi connectivity index (χ1v) is 7.84. The van der Waals surface area contributed by atoms with Gasteiger partial charge in [-0.25, -0.2) is 0 Å². The van der Waals surface area contributed by atoms with E-state index in [1.165, 1.54) is 16.5 Å². The van der Waals surface area contributed by atoms with Gasteiger partial charge in [-0.15, -0.1) is 0 Å². The zero-order chi connectivity index (χ0) is 14.7. The third-order valence-electron chi connectivity index (χ3n) is 3.65. The van der Waals surface area contributed by atoms with Crippen molar-refractivity contribution in [3.8, 4) is 0 Å². The molecule has 1 atom stereocenters. The quantitative estimate of drug-likeness (QED) is 0.734. The molecule has 0 amide bonds. The lowest BCUT2D eigenvalue weighted by Crippen LogP contribution is -2.17. The van der Waals surface area contributed by atoms with Crippen LogP contribution in [0.4, 0.5) is 0 Å². The molecule has 3 rings (SSSR count). The summed E-state index contributed by atoms with van der Waals surface area (Å²) in [5.41, 5.74) is 3.61. The number of aromatic nitrogens is 1. The molecule has 0 bridgehead atoms. The molecule has 0 unspecified atom stereocenters. The molecule has 0 spiro atoms. The van der Waals surface area contributed by atoms with Crippen LogP contribution in [0.2, 0.25) is 0 Å². The fraction of sp³-hybridized carbons (Fsp3) is 0.167. The van der Waals surface area contributed by atoms with Crippen LogP contribution < -0.4 is 5.32 Å². The zero-order valence-electron chi connectivity index (χ0n) is 11.9. The highest BCUT2D eigenvalue weighted by atomic mass is 79.9. The minimum absolute atomic E-state index is 0.322. The van der Waals surface area contributed by atoms with E-state index in [4.69, 9.17) is 0 Å². The number of fused-ring (bicyclic) bond motifs is 1. The first-order valence-electron chi connectivity index (χ1n) is 7.05. The Morgan fingerprint density at radius 2 is 1.90 bits per heavy atom. The van der Waals surface area contributed by atoms with E-state index < -0.39 is 0 Å². The summed E-state index contributed by atoms with van der Waals surface area (Å²) in [5.74, 6) is 0. The summed E-state index contributed by atoms with van der Waals surface area (Å²) >= 11 is 3.47. The van der Waals surface area contributed by atoms with Gasteiger partial charge in [0.2, 0.25) is 0 Å². The van der Waals surface area contributed by atoms with Crippen molar-refractivity contribution in [3.05, 3.63) is 76.4 Å². The Labute approximate surface area is 133 Å². The molecule has 0 radical (unpaired) electrons. The van der Waals surface area contributed by atoms with E-state index in [1.807, 2.05) is 12.3 Å². The van der Waals surface area contributed by atoms with Crippen LogP contribution in [0.1, 0.15) is 24.1 Å². The topological polar surface area (TPSA) is 24.9 Å².